The molecule has 0 aromatic rings. The lowest BCUT2D eigenvalue weighted by Crippen LogP contribution is -2.71. The second-order valence-corrected chi connectivity index (χ2v) is 9.51. The van der Waals surface area contributed by atoms with Crippen LogP contribution in [0.15, 0.2) is 0 Å². The zero-order valence-corrected chi connectivity index (χ0v) is 15.6. The fraction of sp³-hybridized carbons (Fsp3) is 1.00. The number of hydrogen-bond donors (Lipinski definition) is 0. The molecule has 0 amide bonds. The predicted octanol–water partition coefficient (Wildman–Crippen LogP) is 2.80. The van der Waals surface area contributed by atoms with E-state index in [-0.39, 0.29) is 12.2 Å². The minimum Gasteiger partial charge on any atom is -0.393 e. The van der Waals surface area contributed by atoms with Crippen molar-refractivity contribution in [3.05, 3.63) is 0 Å². The van der Waals surface area contributed by atoms with Gasteiger partial charge in [-0.25, -0.2) is 0 Å². The minimum absolute atomic E-state index is 0.0401. The predicted molar refractivity (Wildman–Crippen MR) is 87.2 cm³/mol. The topological polar surface area (TPSA) is 49.5 Å². The van der Waals surface area contributed by atoms with Crippen LogP contribution in [-0.4, -0.2) is 59.0 Å². The van der Waals surface area contributed by atoms with Crippen molar-refractivity contribution >= 4 is 8.56 Å². The van der Waals surface area contributed by atoms with E-state index in [2.05, 4.69) is 6.92 Å². The summed E-state index contributed by atoms with van der Waals surface area (Å²) in [6.45, 7) is 11.7. The van der Waals surface area contributed by atoms with Gasteiger partial charge in [0.1, 0.15) is 11.3 Å². The van der Waals surface area contributed by atoms with Gasteiger partial charge in [-0.15, -0.1) is 0 Å². The zero-order chi connectivity index (χ0) is 16.1. The van der Waals surface area contributed by atoms with Crippen molar-refractivity contribution in [2.45, 2.75) is 70.4 Å². The molecule has 3 atom stereocenters. The van der Waals surface area contributed by atoms with Gasteiger partial charge in [0.25, 0.3) is 0 Å². The smallest absolute Gasteiger partial charge is 0.374 e. The van der Waals surface area contributed by atoms with Gasteiger partial charge in [0.2, 0.25) is 0 Å². The highest BCUT2D eigenvalue weighted by molar-refractivity contribution is 6.71. The van der Waals surface area contributed by atoms with Crippen molar-refractivity contribution < 1.29 is 23.1 Å². The van der Waals surface area contributed by atoms with E-state index in [1.807, 2.05) is 20.8 Å². The Labute approximate surface area is 135 Å². The maximum Gasteiger partial charge on any atom is 0.374 e. The van der Waals surface area contributed by atoms with Crippen molar-refractivity contribution in [3.63, 3.8) is 0 Å². The molecule has 2 fully saturated rings. The lowest BCUT2D eigenvalue weighted by Gasteiger charge is -2.51. The van der Waals surface area contributed by atoms with E-state index < -0.39 is 13.8 Å². The lowest BCUT2D eigenvalue weighted by atomic mass is 10.1. The molecule has 0 spiro atoms. The Morgan fingerprint density at radius 2 is 1.82 bits per heavy atom. The molecule has 0 aromatic carbocycles. The van der Waals surface area contributed by atoms with E-state index in [0.717, 1.165) is 31.9 Å². The van der Waals surface area contributed by atoms with E-state index in [9.17, 15) is 0 Å². The summed E-state index contributed by atoms with van der Waals surface area (Å²) in [5.41, 5.74) is 0. The Morgan fingerprint density at radius 3 is 2.36 bits per heavy atom. The fourth-order valence-electron chi connectivity index (χ4n) is 3.66. The summed E-state index contributed by atoms with van der Waals surface area (Å²) >= 11 is 0. The highest BCUT2D eigenvalue weighted by Crippen LogP contribution is 2.44. The molecule has 130 valence electrons. The van der Waals surface area contributed by atoms with Crippen molar-refractivity contribution in [1.82, 2.24) is 0 Å². The summed E-state index contributed by atoms with van der Waals surface area (Å²) in [5.74, 6) is 0. The first kappa shape index (κ1) is 18.4. The number of hydrogen-bond acceptors (Lipinski definition) is 5. The molecule has 22 heavy (non-hydrogen) atoms. The van der Waals surface area contributed by atoms with Crippen molar-refractivity contribution in [1.29, 1.82) is 0 Å². The number of epoxide rings is 1. The van der Waals surface area contributed by atoms with Gasteiger partial charge in [0, 0.05) is 19.8 Å². The third-order valence-electron chi connectivity index (χ3n) is 4.70. The molecule has 2 heterocycles. The zero-order valence-electron chi connectivity index (χ0n) is 14.6. The van der Waals surface area contributed by atoms with E-state index in [4.69, 9.17) is 23.1 Å². The van der Waals surface area contributed by atoms with E-state index >= 15 is 0 Å². The van der Waals surface area contributed by atoms with Gasteiger partial charge >= 0.3 is 8.56 Å². The third-order valence-corrected chi connectivity index (χ3v) is 9.31. The van der Waals surface area contributed by atoms with Crippen LogP contribution in [0.1, 0.15) is 47.0 Å². The molecule has 2 aliphatic rings. The van der Waals surface area contributed by atoms with Gasteiger partial charge in [-0.1, -0.05) is 12.8 Å². The maximum atomic E-state index is 6.35. The standard InChI is InChI=1S/C16H32O5Si/c1-5-19-16(14(4)17-12-15-13-18-15)10-8-9-11-22(16,20-6-2)21-7-3/h14-15H,5-13H2,1-4H3. The van der Waals surface area contributed by atoms with E-state index in [0.29, 0.717) is 26.4 Å². The quantitative estimate of drug-likeness (QED) is 0.455. The third kappa shape index (κ3) is 3.74. The molecule has 0 saturated carbocycles. The van der Waals surface area contributed by atoms with Crippen LogP contribution in [0.4, 0.5) is 0 Å². The summed E-state index contributed by atoms with van der Waals surface area (Å²) in [6.07, 6.45) is 3.48. The van der Waals surface area contributed by atoms with Crippen LogP contribution in [0.25, 0.3) is 0 Å². The Bertz CT molecular complexity index is 321. The van der Waals surface area contributed by atoms with Crippen LogP contribution in [0.2, 0.25) is 6.04 Å². The van der Waals surface area contributed by atoms with Gasteiger partial charge in [0.15, 0.2) is 0 Å². The van der Waals surface area contributed by atoms with E-state index in [1.54, 1.807) is 0 Å². The molecule has 2 saturated heterocycles. The summed E-state index contributed by atoms with van der Waals surface area (Å²) < 4.78 is 30.4. The minimum atomic E-state index is -2.49. The number of rotatable bonds is 10. The van der Waals surface area contributed by atoms with Crippen LogP contribution in [-0.2, 0) is 23.1 Å². The van der Waals surface area contributed by atoms with Crippen LogP contribution in [0.5, 0.6) is 0 Å². The molecule has 5 nitrogen and oxygen atoms in total. The van der Waals surface area contributed by atoms with Gasteiger partial charge in [-0.05, 0) is 40.2 Å². The summed E-state index contributed by atoms with van der Waals surface area (Å²) in [6, 6.07) is 0.988. The molecule has 0 N–H and O–H groups in total. The Hall–Kier alpha value is 0.0169. The van der Waals surface area contributed by atoms with Crippen molar-refractivity contribution in [2.24, 2.45) is 0 Å². The molecule has 2 aliphatic heterocycles. The monoisotopic (exact) mass is 332 g/mol. The van der Waals surface area contributed by atoms with Crippen LogP contribution < -0.4 is 0 Å². The molecule has 0 radical (unpaired) electrons. The van der Waals surface area contributed by atoms with Crippen molar-refractivity contribution in [2.75, 3.05) is 33.0 Å². The molecule has 0 aromatic heterocycles. The van der Waals surface area contributed by atoms with Gasteiger partial charge in [0.05, 0.1) is 19.3 Å². The summed E-state index contributed by atoms with van der Waals surface area (Å²) in [5, 5.41) is -0.416. The highest BCUT2D eigenvalue weighted by Gasteiger charge is 2.63. The molecular weight excluding hydrogens is 300 g/mol. The average molecular weight is 333 g/mol. The first-order valence-corrected chi connectivity index (χ1v) is 10.8. The molecule has 3 unspecified atom stereocenters. The molecule has 2 rings (SSSR count). The average Bonchev–Trinajstić information content (AvgIpc) is 3.32. The second-order valence-electron chi connectivity index (χ2n) is 6.08. The summed E-state index contributed by atoms with van der Waals surface area (Å²) in [4.78, 5) is 0. The van der Waals surface area contributed by atoms with Crippen LogP contribution >= 0.6 is 0 Å². The van der Waals surface area contributed by atoms with Gasteiger partial charge in [-0.3, -0.25) is 0 Å². The van der Waals surface area contributed by atoms with Crippen LogP contribution in [0.3, 0.4) is 0 Å². The maximum absolute atomic E-state index is 6.35. The van der Waals surface area contributed by atoms with E-state index in [1.165, 1.54) is 0 Å². The Kier molecular flexibility index (Phi) is 6.85. The highest BCUT2D eigenvalue weighted by atomic mass is 28.4. The largest absolute Gasteiger partial charge is 0.393 e. The number of ether oxygens (including phenoxy) is 3. The molecule has 0 bridgehead atoms. The van der Waals surface area contributed by atoms with Crippen LogP contribution in [0, 0.1) is 0 Å². The van der Waals surface area contributed by atoms with Gasteiger partial charge < -0.3 is 23.1 Å². The normalized spacial score (nSPS) is 31.9. The first-order chi connectivity index (χ1) is 10.6. The fourth-order valence-corrected chi connectivity index (χ4v) is 8.22. The summed E-state index contributed by atoms with van der Waals surface area (Å²) in [7, 11) is -2.49. The lowest BCUT2D eigenvalue weighted by molar-refractivity contribution is -0.128. The van der Waals surface area contributed by atoms with Crippen molar-refractivity contribution in [3.8, 4) is 0 Å². The van der Waals surface area contributed by atoms with Gasteiger partial charge in [-0.2, -0.15) is 0 Å². The molecular formula is C16H32O5Si. The Morgan fingerprint density at radius 1 is 1.14 bits per heavy atom. The Balaban J connectivity index is 2.23. The molecule has 6 heteroatoms. The molecule has 0 aliphatic carbocycles. The second kappa shape index (κ2) is 8.21. The first-order valence-electron chi connectivity index (χ1n) is 8.79. The SMILES string of the molecule is CCOC1(C(C)OCC2CO2)CCCC[Si]1(OCC)OCC.